The summed E-state index contributed by atoms with van der Waals surface area (Å²) in [5.41, 5.74) is 2.03. The number of benzene rings is 3. The lowest BCUT2D eigenvalue weighted by molar-refractivity contribution is 0.102. The van der Waals surface area contributed by atoms with E-state index in [1.807, 2.05) is 18.2 Å². The van der Waals surface area contributed by atoms with Crippen LogP contribution in [-0.2, 0) is 6.61 Å². The van der Waals surface area contributed by atoms with Crippen molar-refractivity contribution in [3.8, 4) is 17.2 Å². The standard InChI is InChI=1S/C21H16ClNO4/c22-15-7-5-14(6-8-15)12-25-18-4-2-1-3-17(18)21(24)23-16-9-10-19-20(11-16)27-13-26-19/h1-11H,12-13H2,(H,23,24). The van der Waals surface area contributed by atoms with Crippen molar-refractivity contribution in [1.82, 2.24) is 0 Å². The molecule has 1 N–H and O–H groups in total. The lowest BCUT2D eigenvalue weighted by atomic mass is 10.1. The molecule has 0 saturated heterocycles. The Labute approximate surface area is 161 Å². The molecule has 0 bridgehead atoms. The summed E-state index contributed by atoms with van der Waals surface area (Å²) in [6, 6.07) is 19.8. The fraction of sp³-hybridized carbons (Fsp3) is 0.0952. The highest BCUT2D eigenvalue weighted by atomic mass is 35.5. The van der Waals surface area contributed by atoms with E-state index in [9.17, 15) is 4.79 Å². The molecule has 1 amide bonds. The number of nitrogens with one attached hydrogen (secondary N) is 1. The van der Waals surface area contributed by atoms with Crippen LogP contribution in [0.25, 0.3) is 0 Å². The van der Waals surface area contributed by atoms with Gasteiger partial charge in [-0.15, -0.1) is 0 Å². The van der Waals surface area contributed by atoms with Crippen molar-refractivity contribution in [2.75, 3.05) is 12.1 Å². The second-order valence-corrected chi connectivity index (χ2v) is 6.37. The van der Waals surface area contributed by atoms with Gasteiger partial charge in [0.2, 0.25) is 6.79 Å². The van der Waals surface area contributed by atoms with E-state index < -0.39 is 0 Å². The van der Waals surface area contributed by atoms with E-state index in [0.717, 1.165) is 5.56 Å². The first-order chi connectivity index (χ1) is 13.2. The van der Waals surface area contributed by atoms with Gasteiger partial charge in [0.1, 0.15) is 12.4 Å². The summed E-state index contributed by atoms with van der Waals surface area (Å²) in [7, 11) is 0. The minimum Gasteiger partial charge on any atom is -0.488 e. The summed E-state index contributed by atoms with van der Waals surface area (Å²) in [6.45, 7) is 0.527. The van der Waals surface area contributed by atoms with Gasteiger partial charge in [0.15, 0.2) is 11.5 Å². The van der Waals surface area contributed by atoms with Crippen LogP contribution in [0.4, 0.5) is 5.69 Å². The average molecular weight is 382 g/mol. The van der Waals surface area contributed by atoms with Crippen LogP contribution in [0.3, 0.4) is 0 Å². The van der Waals surface area contributed by atoms with E-state index in [2.05, 4.69) is 5.32 Å². The van der Waals surface area contributed by atoms with E-state index in [1.165, 1.54) is 0 Å². The molecule has 0 saturated carbocycles. The highest BCUT2D eigenvalue weighted by Gasteiger charge is 2.16. The van der Waals surface area contributed by atoms with Crippen molar-refractivity contribution in [1.29, 1.82) is 0 Å². The van der Waals surface area contributed by atoms with Crippen LogP contribution >= 0.6 is 11.6 Å². The topological polar surface area (TPSA) is 56.8 Å². The van der Waals surface area contributed by atoms with Gasteiger partial charge in [-0.3, -0.25) is 4.79 Å². The smallest absolute Gasteiger partial charge is 0.259 e. The number of ether oxygens (including phenoxy) is 3. The number of hydrogen-bond acceptors (Lipinski definition) is 4. The number of anilines is 1. The van der Waals surface area contributed by atoms with E-state index >= 15 is 0 Å². The molecule has 5 nitrogen and oxygen atoms in total. The number of carbonyl (C=O) groups excluding carboxylic acids is 1. The molecule has 0 fully saturated rings. The van der Waals surface area contributed by atoms with Crippen LogP contribution in [0.5, 0.6) is 17.2 Å². The second kappa shape index (κ2) is 7.60. The van der Waals surface area contributed by atoms with Crippen LogP contribution in [0, 0.1) is 0 Å². The maximum Gasteiger partial charge on any atom is 0.259 e. The van der Waals surface area contributed by atoms with Gasteiger partial charge in [-0.25, -0.2) is 0 Å². The maximum absolute atomic E-state index is 12.7. The van der Waals surface area contributed by atoms with E-state index in [1.54, 1.807) is 48.5 Å². The quantitative estimate of drug-likeness (QED) is 0.683. The van der Waals surface area contributed by atoms with Gasteiger partial charge in [0.05, 0.1) is 5.56 Å². The summed E-state index contributed by atoms with van der Waals surface area (Å²) in [5, 5.41) is 3.53. The monoisotopic (exact) mass is 381 g/mol. The molecule has 4 rings (SSSR count). The third-order valence-electron chi connectivity index (χ3n) is 4.07. The molecular weight excluding hydrogens is 366 g/mol. The van der Waals surface area contributed by atoms with Gasteiger partial charge in [-0.2, -0.15) is 0 Å². The molecule has 3 aromatic carbocycles. The molecule has 0 unspecified atom stereocenters. The minimum absolute atomic E-state index is 0.189. The number of carbonyl (C=O) groups is 1. The first-order valence-corrected chi connectivity index (χ1v) is 8.74. The Morgan fingerprint density at radius 3 is 2.63 bits per heavy atom. The van der Waals surface area contributed by atoms with E-state index in [4.69, 9.17) is 25.8 Å². The van der Waals surface area contributed by atoms with Gasteiger partial charge < -0.3 is 19.5 Å². The average Bonchev–Trinajstić information content (AvgIpc) is 3.15. The molecule has 0 aliphatic carbocycles. The molecule has 0 spiro atoms. The highest BCUT2D eigenvalue weighted by Crippen LogP contribution is 2.34. The van der Waals surface area contributed by atoms with Gasteiger partial charge >= 0.3 is 0 Å². The summed E-state index contributed by atoms with van der Waals surface area (Å²) in [4.78, 5) is 12.7. The van der Waals surface area contributed by atoms with Crippen LogP contribution in [-0.4, -0.2) is 12.7 Å². The molecule has 0 atom stereocenters. The van der Waals surface area contributed by atoms with Gasteiger partial charge in [-0.1, -0.05) is 35.9 Å². The molecule has 0 radical (unpaired) electrons. The van der Waals surface area contributed by atoms with Crippen molar-refractivity contribution in [3.63, 3.8) is 0 Å². The number of halogens is 1. The molecule has 3 aromatic rings. The summed E-state index contributed by atoms with van der Waals surface area (Å²) < 4.78 is 16.5. The summed E-state index contributed by atoms with van der Waals surface area (Å²) in [5.74, 6) is 1.52. The van der Waals surface area contributed by atoms with Gasteiger partial charge in [0, 0.05) is 16.8 Å². The van der Waals surface area contributed by atoms with Crippen molar-refractivity contribution < 1.29 is 19.0 Å². The van der Waals surface area contributed by atoms with E-state index in [0.29, 0.717) is 40.1 Å². The zero-order chi connectivity index (χ0) is 18.6. The fourth-order valence-corrected chi connectivity index (χ4v) is 2.82. The molecule has 1 aliphatic rings. The first kappa shape index (κ1) is 17.2. The predicted molar refractivity (Wildman–Crippen MR) is 103 cm³/mol. The molecular formula is C21H16ClNO4. The number of rotatable bonds is 5. The van der Waals surface area contributed by atoms with Gasteiger partial charge in [0.25, 0.3) is 5.91 Å². The van der Waals surface area contributed by atoms with Crippen molar-refractivity contribution in [3.05, 3.63) is 82.9 Å². The lowest BCUT2D eigenvalue weighted by Gasteiger charge is -2.12. The van der Waals surface area contributed by atoms with Crippen LogP contribution < -0.4 is 19.5 Å². The first-order valence-electron chi connectivity index (χ1n) is 8.36. The Morgan fingerprint density at radius 1 is 1.00 bits per heavy atom. The van der Waals surface area contributed by atoms with Crippen molar-refractivity contribution >= 4 is 23.2 Å². The van der Waals surface area contributed by atoms with Gasteiger partial charge in [-0.05, 0) is 42.0 Å². The number of para-hydroxylation sites is 1. The minimum atomic E-state index is -0.263. The van der Waals surface area contributed by atoms with Crippen LogP contribution in [0.15, 0.2) is 66.7 Å². The zero-order valence-corrected chi connectivity index (χ0v) is 15.0. The largest absolute Gasteiger partial charge is 0.488 e. The Balaban J connectivity index is 1.48. The second-order valence-electron chi connectivity index (χ2n) is 5.93. The zero-order valence-electron chi connectivity index (χ0n) is 14.3. The number of fused-ring (bicyclic) bond motifs is 1. The Hall–Kier alpha value is -3.18. The van der Waals surface area contributed by atoms with E-state index in [-0.39, 0.29) is 12.7 Å². The molecule has 1 aliphatic heterocycles. The highest BCUT2D eigenvalue weighted by molar-refractivity contribution is 6.30. The van der Waals surface area contributed by atoms with Crippen molar-refractivity contribution in [2.24, 2.45) is 0 Å². The summed E-state index contributed by atoms with van der Waals surface area (Å²) >= 11 is 5.90. The molecule has 27 heavy (non-hydrogen) atoms. The molecule has 6 heteroatoms. The predicted octanol–water partition coefficient (Wildman–Crippen LogP) is 4.90. The Morgan fingerprint density at radius 2 is 1.78 bits per heavy atom. The number of amides is 1. The Bertz CT molecular complexity index is 972. The maximum atomic E-state index is 12.7. The molecule has 0 aromatic heterocycles. The Kier molecular flexibility index (Phi) is 4.85. The van der Waals surface area contributed by atoms with Crippen molar-refractivity contribution in [2.45, 2.75) is 6.61 Å². The number of hydrogen-bond donors (Lipinski definition) is 1. The molecule has 136 valence electrons. The van der Waals surface area contributed by atoms with Crippen LogP contribution in [0.2, 0.25) is 5.02 Å². The summed E-state index contributed by atoms with van der Waals surface area (Å²) in [6.07, 6.45) is 0. The normalized spacial score (nSPS) is 11.9. The molecule has 1 heterocycles. The third-order valence-corrected chi connectivity index (χ3v) is 4.32. The third kappa shape index (κ3) is 3.99. The lowest BCUT2D eigenvalue weighted by Crippen LogP contribution is -2.13. The van der Waals surface area contributed by atoms with Crippen LogP contribution in [0.1, 0.15) is 15.9 Å². The fourth-order valence-electron chi connectivity index (χ4n) is 2.69. The SMILES string of the molecule is O=C(Nc1ccc2c(c1)OCO2)c1ccccc1OCc1ccc(Cl)cc1.